The molecule has 1 amide bonds. The number of rotatable bonds is 4. The first kappa shape index (κ1) is 22.3. The molecule has 1 spiro atoms. The number of carbonyl (C=O) groups is 1. The number of halogens is 1. The summed E-state index contributed by atoms with van der Waals surface area (Å²) in [4.78, 5) is 32.3. The van der Waals surface area contributed by atoms with E-state index in [0.29, 0.717) is 23.1 Å². The van der Waals surface area contributed by atoms with Crippen LogP contribution in [-0.2, 0) is 4.74 Å². The fourth-order valence-corrected chi connectivity index (χ4v) is 5.74. The highest BCUT2D eigenvalue weighted by Crippen LogP contribution is 2.47. The van der Waals surface area contributed by atoms with Crippen LogP contribution in [0.3, 0.4) is 0 Å². The Bertz CT molecular complexity index is 1000. The van der Waals surface area contributed by atoms with Crippen molar-refractivity contribution in [3.8, 4) is 11.4 Å². The molecule has 0 unspecified atom stereocenters. The maximum absolute atomic E-state index is 12.0. The van der Waals surface area contributed by atoms with Crippen molar-refractivity contribution in [2.24, 2.45) is 5.41 Å². The molecule has 1 saturated carbocycles. The lowest BCUT2D eigenvalue weighted by molar-refractivity contribution is -0.00294. The summed E-state index contributed by atoms with van der Waals surface area (Å²) in [5.74, 6) is 0. The van der Waals surface area contributed by atoms with Crippen molar-refractivity contribution >= 4 is 23.4 Å². The Kier molecular flexibility index (Phi) is 6.14. The number of aromatic nitrogens is 3. The van der Waals surface area contributed by atoms with Crippen LogP contribution in [0, 0.1) is 12.3 Å². The summed E-state index contributed by atoms with van der Waals surface area (Å²) in [6.45, 7) is 9.78. The SMILES string of the molecule is CCOC(=O)N1CC2(CC[C@@H](N3CCN(c4cc(Cl)cnc4-c4cnc(C)cn4)CC3)C2)C1. The van der Waals surface area contributed by atoms with Gasteiger partial charge in [0, 0.05) is 63.1 Å². The smallest absolute Gasteiger partial charge is 0.409 e. The van der Waals surface area contributed by atoms with Crippen LogP contribution in [0.25, 0.3) is 11.4 Å². The number of hydrogen-bond acceptors (Lipinski definition) is 7. The highest BCUT2D eigenvalue weighted by Gasteiger charge is 2.51. The average Bonchev–Trinajstić information content (AvgIpc) is 3.25. The van der Waals surface area contributed by atoms with E-state index in [9.17, 15) is 4.79 Å². The molecule has 3 aliphatic rings. The second kappa shape index (κ2) is 9.06. The van der Waals surface area contributed by atoms with Gasteiger partial charge in [-0.3, -0.25) is 19.9 Å². The van der Waals surface area contributed by atoms with E-state index in [4.69, 9.17) is 16.3 Å². The number of aryl methyl sites for hydroxylation is 1. The first-order valence-corrected chi connectivity index (χ1v) is 12.2. The molecule has 33 heavy (non-hydrogen) atoms. The van der Waals surface area contributed by atoms with E-state index in [2.05, 4.69) is 24.8 Å². The van der Waals surface area contributed by atoms with Crippen molar-refractivity contribution in [1.82, 2.24) is 24.8 Å². The van der Waals surface area contributed by atoms with Gasteiger partial charge in [0.15, 0.2) is 0 Å². The minimum absolute atomic E-state index is 0.163. The molecule has 0 N–H and O–H groups in total. The molecule has 9 heteroatoms. The maximum atomic E-state index is 12.0. The number of nitrogens with zero attached hydrogens (tertiary/aromatic N) is 6. The van der Waals surface area contributed by atoms with Crippen molar-refractivity contribution in [2.45, 2.75) is 39.2 Å². The van der Waals surface area contributed by atoms with Gasteiger partial charge in [0.05, 0.1) is 29.2 Å². The van der Waals surface area contributed by atoms with Gasteiger partial charge < -0.3 is 14.5 Å². The van der Waals surface area contributed by atoms with Crippen molar-refractivity contribution in [3.05, 3.63) is 35.4 Å². The number of anilines is 1. The fraction of sp³-hybridized carbons (Fsp3) is 0.583. The molecule has 0 radical (unpaired) electrons. The molecule has 2 aromatic heterocycles. The van der Waals surface area contributed by atoms with Crippen molar-refractivity contribution < 1.29 is 9.53 Å². The zero-order valence-electron chi connectivity index (χ0n) is 19.3. The van der Waals surface area contributed by atoms with Gasteiger partial charge >= 0.3 is 6.09 Å². The van der Waals surface area contributed by atoms with Gasteiger partial charge in [0.25, 0.3) is 0 Å². The molecule has 0 bridgehead atoms. The first-order valence-electron chi connectivity index (χ1n) is 11.8. The lowest BCUT2D eigenvalue weighted by Gasteiger charge is -2.48. The van der Waals surface area contributed by atoms with Gasteiger partial charge in [0.1, 0.15) is 11.4 Å². The summed E-state index contributed by atoms with van der Waals surface area (Å²) in [6, 6.07) is 2.58. The zero-order valence-corrected chi connectivity index (χ0v) is 20.1. The molecule has 1 aliphatic carbocycles. The number of pyridine rings is 1. The number of amides is 1. The van der Waals surface area contributed by atoms with Gasteiger partial charge in [-0.15, -0.1) is 0 Å². The molecule has 1 atom stereocenters. The predicted octanol–water partition coefficient (Wildman–Crippen LogP) is 3.63. The fourth-order valence-electron chi connectivity index (χ4n) is 5.59. The zero-order chi connectivity index (χ0) is 23.0. The lowest BCUT2D eigenvalue weighted by Crippen LogP contribution is -2.58. The minimum atomic E-state index is -0.163. The molecular weight excluding hydrogens is 440 g/mol. The van der Waals surface area contributed by atoms with Gasteiger partial charge in [0.2, 0.25) is 0 Å². The number of ether oxygens (including phenoxy) is 1. The monoisotopic (exact) mass is 470 g/mol. The van der Waals surface area contributed by atoms with Crippen LogP contribution < -0.4 is 4.90 Å². The average molecular weight is 471 g/mol. The van der Waals surface area contributed by atoms with Crippen LogP contribution in [0.5, 0.6) is 0 Å². The first-order chi connectivity index (χ1) is 16.0. The van der Waals surface area contributed by atoms with Crippen LogP contribution in [-0.4, -0.2) is 82.8 Å². The molecule has 0 aromatic carbocycles. The highest BCUT2D eigenvalue weighted by molar-refractivity contribution is 6.30. The van der Waals surface area contributed by atoms with E-state index in [-0.39, 0.29) is 6.09 Å². The Labute approximate surface area is 199 Å². The maximum Gasteiger partial charge on any atom is 0.409 e. The second-order valence-electron chi connectivity index (χ2n) is 9.54. The van der Waals surface area contributed by atoms with Crippen LogP contribution >= 0.6 is 11.6 Å². The van der Waals surface area contributed by atoms with Crippen molar-refractivity contribution in [2.75, 3.05) is 50.8 Å². The molecule has 2 aromatic rings. The van der Waals surface area contributed by atoms with Gasteiger partial charge in [-0.2, -0.15) is 0 Å². The molecular formula is C24H31ClN6O2. The Morgan fingerprint density at radius 1 is 1.15 bits per heavy atom. The Morgan fingerprint density at radius 2 is 1.94 bits per heavy atom. The number of piperazine rings is 1. The summed E-state index contributed by atoms with van der Waals surface area (Å²) in [6.07, 6.45) is 8.64. The molecule has 2 saturated heterocycles. The number of likely N-dealkylation sites (tertiary alicyclic amines) is 1. The van der Waals surface area contributed by atoms with Crippen LogP contribution in [0.2, 0.25) is 5.02 Å². The van der Waals surface area contributed by atoms with Gasteiger partial charge in [-0.25, -0.2) is 4.79 Å². The Balaban J connectivity index is 1.21. The summed E-state index contributed by atoms with van der Waals surface area (Å²) in [5, 5.41) is 0.630. The Morgan fingerprint density at radius 3 is 2.64 bits per heavy atom. The molecule has 5 rings (SSSR count). The predicted molar refractivity (Wildman–Crippen MR) is 127 cm³/mol. The molecule has 8 nitrogen and oxygen atoms in total. The largest absolute Gasteiger partial charge is 0.450 e. The second-order valence-corrected chi connectivity index (χ2v) is 9.98. The van der Waals surface area contributed by atoms with Crippen molar-refractivity contribution in [1.29, 1.82) is 0 Å². The van der Waals surface area contributed by atoms with Crippen molar-refractivity contribution in [3.63, 3.8) is 0 Å². The third-order valence-corrected chi connectivity index (χ3v) is 7.49. The third-order valence-electron chi connectivity index (χ3n) is 7.28. The van der Waals surface area contributed by atoms with E-state index in [0.717, 1.165) is 62.0 Å². The molecule has 4 heterocycles. The summed E-state index contributed by atoms with van der Waals surface area (Å²) < 4.78 is 5.15. The number of hydrogen-bond donors (Lipinski definition) is 0. The van der Waals surface area contributed by atoms with E-state index in [1.54, 1.807) is 18.6 Å². The van der Waals surface area contributed by atoms with E-state index in [1.165, 1.54) is 19.3 Å². The molecule has 2 aliphatic heterocycles. The number of carbonyl (C=O) groups excluding carboxylic acids is 1. The van der Waals surface area contributed by atoms with E-state index in [1.807, 2.05) is 24.8 Å². The third kappa shape index (κ3) is 4.51. The topological polar surface area (TPSA) is 74.7 Å². The lowest BCUT2D eigenvalue weighted by atomic mass is 9.78. The van der Waals surface area contributed by atoms with Gasteiger partial charge in [-0.1, -0.05) is 11.6 Å². The van der Waals surface area contributed by atoms with E-state index < -0.39 is 0 Å². The highest BCUT2D eigenvalue weighted by atomic mass is 35.5. The van der Waals surface area contributed by atoms with E-state index >= 15 is 0 Å². The standard InChI is InChI=1S/C24H31ClN6O2/c1-3-33-23(32)31-15-24(16-31)5-4-19(11-24)29-6-8-30(9-7-29)21-10-18(25)13-28-22(21)20-14-26-17(2)12-27-20/h10,12-14,19H,3-9,11,15-16H2,1-2H3/t19-/m1/s1. The Hall–Kier alpha value is -2.45. The van der Waals surface area contributed by atoms with Crippen LogP contribution in [0.4, 0.5) is 10.5 Å². The molecule has 3 fully saturated rings. The summed E-state index contributed by atoms with van der Waals surface area (Å²) in [5.41, 5.74) is 3.79. The summed E-state index contributed by atoms with van der Waals surface area (Å²) in [7, 11) is 0. The van der Waals surface area contributed by atoms with Crippen LogP contribution in [0.1, 0.15) is 31.9 Å². The van der Waals surface area contributed by atoms with Crippen LogP contribution in [0.15, 0.2) is 24.7 Å². The normalized spacial score (nSPS) is 22.5. The summed E-state index contributed by atoms with van der Waals surface area (Å²) >= 11 is 6.32. The minimum Gasteiger partial charge on any atom is -0.450 e. The molecule has 176 valence electrons. The quantitative estimate of drug-likeness (QED) is 0.675. The van der Waals surface area contributed by atoms with Gasteiger partial charge in [-0.05, 0) is 39.2 Å².